The lowest BCUT2D eigenvalue weighted by atomic mass is 9.88. The molecule has 538 valence electrons. The van der Waals surface area contributed by atoms with E-state index in [1.165, 1.54) is 0 Å². The van der Waals surface area contributed by atoms with Gasteiger partial charge in [0.2, 0.25) is 17.7 Å². The Balaban J connectivity index is 1.14. The van der Waals surface area contributed by atoms with E-state index in [0.29, 0.717) is 0 Å². The topological polar surface area (TPSA) is 669 Å². The second kappa shape index (κ2) is 32.9. The predicted molar refractivity (Wildman–Crippen MR) is 284 cm³/mol. The molecule has 42 heteroatoms. The molecule has 93 heavy (non-hydrogen) atoms. The standard InChI is InChI=1S/C51H85N3O39/c1-12(60)52-23-15(63)4-51(50(79)80,93-41(23)26(65)16(64)5-55)82-11-22-29(68)34(73)37(76)47(88-22)89-40-20(9-59)86-45(25(32(40)71)54-14(3)62)92-43-35(74)28(67)18(7-57)85-49(43)91-42-30(69)21(10-81-46-36(75)33(72)27(66)17(6-56)84-46)87-48(38(42)77)90-39-19(8-58)83-44(78)24(31(39)70)53-13(2)61/h15-49,55-59,63-78H,4-11H2,1-3H3,(H,52,60)(H,53,61)(H,54,62)(H,79,80)/t15-,16+,17+,18+,19+,20+,21+,22+,23+,24+,25+,26+,27+,28+,29-,30+,31+,32+,33-,34-,35-,36-,37+,38-,39+,40+,41+,42-,43-,44?,45-,46-,47-,48-,49+,51+/m0/s1. The van der Waals surface area contributed by atoms with Crippen LogP contribution in [0.15, 0.2) is 0 Å². The van der Waals surface area contributed by atoms with E-state index in [0.717, 1.165) is 20.8 Å². The molecule has 42 nitrogen and oxygen atoms in total. The number of carboxylic acid groups (broad SMARTS) is 1. The summed E-state index contributed by atoms with van der Waals surface area (Å²) >= 11 is 0. The zero-order chi connectivity index (χ0) is 69.0. The fourth-order valence-corrected chi connectivity index (χ4v) is 11.7. The van der Waals surface area contributed by atoms with Crippen LogP contribution in [0.25, 0.3) is 0 Å². The highest BCUT2D eigenvalue weighted by atomic mass is 16.8. The molecule has 7 saturated heterocycles. The van der Waals surface area contributed by atoms with Crippen molar-refractivity contribution >= 4 is 23.7 Å². The number of carbonyl (C=O) groups excluding carboxylic acids is 3. The van der Waals surface area contributed by atoms with Crippen LogP contribution in [0.2, 0.25) is 0 Å². The molecule has 36 atom stereocenters. The van der Waals surface area contributed by atoms with Gasteiger partial charge in [-0.3, -0.25) is 14.4 Å². The number of aliphatic carboxylic acids is 1. The van der Waals surface area contributed by atoms with E-state index in [2.05, 4.69) is 16.0 Å². The monoisotopic (exact) mass is 1360 g/mol. The molecule has 0 aromatic heterocycles. The highest BCUT2D eigenvalue weighted by molar-refractivity contribution is 5.77. The Morgan fingerprint density at radius 3 is 1.41 bits per heavy atom. The van der Waals surface area contributed by atoms with Gasteiger partial charge in [0, 0.05) is 27.2 Å². The fraction of sp³-hybridized carbons (Fsp3) is 0.922. The zero-order valence-corrected chi connectivity index (χ0v) is 49.6. The van der Waals surface area contributed by atoms with Gasteiger partial charge in [-0.15, -0.1) is 0 Å². The Labute approximate surface area is 525 Å². The Morgan fingerprint density at radius 2 is 0.871 bits per heavy atom. The maximum Gasteiger partial charge on any atom is 0.364 e. The van der Waals surface area contributed by atoms with Gasteiger partial charge in [-0.05, 0) is 0 Å². The molecule has 0 aliphatic carbocycles. The average Bonchev–Trinajstić information content (AvgIpc) is 0.785. The van der Waals surface area contributed by atoms with Gasteiger partial charge >= 0.3 is 5.97 Å². The number of rotatable bonds is 25. The number of amides is 3. The number of carbonyl (C=O) groups is 4. The van der Waals surface area contributed by atoms with Crippen molar-refractivity contribution in [2.75, 3.05) is 46.2 Å². The molecule has 0 aromatic carbocycles. The number of carboxylic acids is 1. The van der Waals surface area contributed by atoms with Gasteiger partial charge in [-0.1, -0.05) is 0 Å². The Morgan fingerprint density at radius 1 is 0.441 bits per heavy atom. The normalized spacial score (nSPS) is 47.2. The number of aliphatic hydroxyl groups is 21. The fourth-order valence-electron chi connectivity index (χ4n) is 11.7. The molecule has 7 rings (SSSR count). The number of hydrogen-bond acceptors (Lipinski definition) is 38. The van der Waals surface area contributed by atoms with Crippen LogP contribution in [0.4, 0.5) is 0 Å². The van der Waals surface area contributed by atoms with Gasteiger partial charge in [0.05, 0.1) is 58.4 Å². The summed E-state index contributed by atoms with van der Waals surface area (Å²) in [5.41, 5.74) is 0. The van der Waals surface area contributed by atoms with Crippen LogP contribution in [0.3, 0.4) is 0 Å². The lowest BCUT2D eigenvalue weighted by molar-refractivity contribution is -0.396. The van der Waals surface area contributed by atoms with Crippen LogP contribution in [0.5, 0.6) is 0 Å². The summed E-state index contributed by atoms with van der Waals surface area (Å²) in [6.07, 6.45) is -67.5. The molecule has 7 fully saturated rings. The van der Waals surface area contributed by atoms with Crippen molar-refractivity contribution in [2.45, 2.75) is 248 Å². The van der Waals surface area contributed by atoms with Gasteiger partial charge in [0.1, 0.15) is 165 Å². The van der Waals surface area contributed by atoms with E-state index in [1.807, 2.05) is 0 Å². The van der Waals surface area contributed by atoms with Crippen molar-refractivity contribution in [2.24, 2.45) is 0 Å². The summed E-state index contributed by atoms with van der Waals surface area (Å²) in [5.74, 6) is -7.63. The molecule has 0 spiro atoms. The highest BCUT2D eigenvalue weighted by Gasteiger charge is 2.60. The molecule has 0 saturated carbocycles. The molecule has 0 aromatic rings. The molecule has 0 radical (unpaired) electrons. The van der Waals surface area contributed by atoms with Crippen molar-refractivity contribution in [1.29, 1.82) is 0 Å². The first-order valence-corrected chi connectivity index (χ1v) is 29.2. The lowest BCUT2D eigenvalue weighted by Gasteiger charge is -2.51. The van der Waals surface area contributed by atoms with Crippen LogP contribution >= 0.6 is 0 Å². The largest absolute Gasteiger partial charge is 0.477 e. The van der Waals surface area contributed by atoms with E-state index in [1.54, 1.807) is 0 Å². The summed E-state index contributed by atoms with van der Waals surface area (Å²) in [5, 5.41) is 246. The lowest BCUT2D eigenvalue weighted by Crippen LogP contribution is -2.70. The Bertz CT molecular complexity index is 2420. The van der Waals surface area contributed by atoms with Gasteiger partial charge in [-0.2, -0.15) is 0 Å². The third kappa shape index (κ3) is 17.0. The third-order valence-electron chi connectivity index (χ3n) is 16.7. The summed E-state index contributed by atoms with van der Waals surface area (Å²) in [7, 11) is 0. The van der Waals surface area contributed by atoms with Gasteiger partial charge in [0.25, 0.3) is 5.79 Å². The van der Waals surface area contributed by atoms with Gasteiger partial charge < -0.3 is 190 Å². The second-order valence-electron chi connectivity index (χ2n) is 23.3. The number of aliphatic hydroxyl groups excluding tert-OH is 21. The third-order valence-corrected chi connectivity index (χ3v) is 16.7. The van der Waals surface area contributed by atoms with Crippen molar-refractivity contribution in [3.63, 3.8) is 0 Å². The quantitative estimate of drug-likeness (QED) is 0.0404. The van der Waals surface area contributed by atoms with Gasteiger partial charge in [-0.25, -0.2) is 4.79 Å². The minimum atomic E-state index is -3.03. The zero-order valence-electron chi connectivity index (χ0n) is 49.6. The molecule has 25 N–H and O–H groups in total. The van der Waals surface area contributed by atoms with Crippen molar-refractivity contribution < 1.29 is 193 Å². The van der Waals surface area contributed by atoms with Gasteiger partial charge in [0.15, 0.2) is 37.7 Å². The average molecular weight is 1360 g/mol. The van der Waals surface area contributed by atoms with Crippen LogP contribution in [0.1, 0.15) is 27.2 Å². The summed E-state index contributed by atoms with van der Waals surface area (Å²) in [6.45, 7) is -4.59. The SMILES string of the molecule is CC(=O)N[C@H]1[C@H](O[C@@H]2[C@@H](O[C@@H]3[C@H](O)[C@H](O[C@H]4[C@H](O)[C@@H](NC(C)=O)C(O)O[C@@H]4CO)O[C@H](CO[C@H]4O[C@H](CO)[C@@H](O)[C@H](O)[C@@H]4O)[C@H]3O)O[C@H](CO)[C@@H](O)[C@@H]2O)O[C@H](CO)[C@@H](O[C@@H]2O[C@H](CO[C@]3(C(=O)O)C[C@H](O)[C@@H](NC(C)=O)[C@H]([C@H](O)[C@H](O)CO)O3)[C@H](O)[C@H](O)[C@H]2O)[C@@H]1O. The van der Waals surface area contributed by atoms with Crippen LogP contribution in [-0.4, -0.2) is 403 Å². The molecule has 7 heterocycles. The van der Waals surface area contributed by atoms with Crippen LogP contribution in [0, 0.1) is 0 Å². The van der Waals surface area contributed by atoms with E-state index >= 15 is 0 Å². The maximum atomic E-state index is 12.9. The molecule has 0 bridgehead atoms. The van der Waals surface area contributed by atoms with E-state index < -0.39 is 297 Å². The smallest absolute Gasteiger partial charge is 0.364 e. The molecular formula is C51H85N3O39. The minimum Gasteiger partial charge on any atom is -0.477 e. The van der Waals surface area contributed by atoms with Crippen LogP contribution < -0.4 is 16.0 Å². The van der Waals surface area contributed by atoms with Crippen molar-refractivity contribution in [3.8, 4) is 0 Å². The molecule has 7 aliphatic rings. The first-order valence-electron chi connectivity index (χ1n) is 29.2. The van der Waals surface area contributed by atoms with E-state index in [9.17, 15) is 132 Å². The van der Waals surface area contributed by atoms with E-state index in [4.69, 9.17) is 61.6 Å². The first-order chi connectivity index (χ1) is 43.8. The van der Waals surface area contributed by atoms with Crippen molar-refractivity contribution in [1.82, 2.24) is 16.0 Å². The Kier molecular flexibility index (Phi) is 27.2. The van der Waals surface area contributed by atoms with Crippen LogP contribution in [-0.2, 0) is 80.8 Å². The second-order valence-corrected chi connectivity index (χ2v) is 23.3. The minimum absolute atomic E-state index is 0.796. The summed E-state index contributed by atoms with van der Waals surface area (Å²) in [4.78, 5) is 49.9. The number of nitrogens with one attached hydrogen (secondary N) is 3. The summed E-state index contributed by atoms with van der Waals surface area (Å²) in [6, 6.07) is -5.29. The van der Waals surface area contributed by atoms with E-state index in [-0.39, 0.29) is 0 Å². The highest BCUT2D eigenvalue weighted by Crippen LogP contribution is 2.39. The molecule has 7 aliphatic heterocycles. The number of hydrogen-bond donors (Lipinski definition) is 25. The maximum absolute atomic E-state index is 12.9. The number of ether oxygens (including phenoxy) is 13. The molecular weight excluding hydrogens is 1280 g/mol. The molecule has 3 amide bonds. The molecule has 1 unspecified atom stereocenters. The predicted octanol–water partition coefficient (Wildman–Crippen LogP) is -16.6. The van der Waals surface area contributed by atoms with Crippen molar-refractivity contribution in [3.05, 3.63) is 0 Å². The summed E-state index contributed by atoms with van der Waals surface area (Å²) < 4.78 is 74.8. The first kappa shape index (κ1) is 76.9. The Hall–Kier alpha value is -3.48.